The van der Waals surface area contributed by atoms with Gasteiger partial charge in [0.2, 0.25) is 0 Å². The van der Waals surface area contributed by atoms with Gasteiger partial charge < -0.3 is 5.73 Å². The second-order valence-corrected chi connectivity index (χ2v) is 4.95. The lowest BCUT2D eigenvalue weighted by molar-refractivity contribution is 0.244. The van der Waals surface area contributed by atoms with Crippen molar-refractivity contribution in [2.45, 2.75) is 39.3 Å². The molecule has 0 aromatic carbocycles. The minimum atomic E-state index is -0.113. The highest BCUT2D eigenvalue weighted by Gasteiger charge is 2.18. The number of nitrogens with zero attached hydrogens (tertiary/aromatic N) is 2. The van der Waals surface area contributed by atoms with E-state index in [1.165, 1.54) is 0 Å². The summed E-state index contributed by atoms with van der Waals surface area (Å²) in [6, 6.07) is 6.12. The van der Waals surface area contributed by atoms with Gasteiger partial charge in [-0.05, 0) is 39.4 Å². The SMILES string of the molecule is CCC(C)(N)CN(C)Cc1cccc(C)n1. The van der Waals surface area contributed by atoms with Gasteiger partial charge in [0.25, 0.3) is 0 Å². The van der Waals surface area contributed by atoms with Crippen LogP contribution in [0.15, 0.2) is 18.2 Å². The molecule has 1 rings (SSSR count). The van der Waals surface area contributed by atoms with Gasteiger partial charge in [-0.15, -0.1) is 0 Å². The normalized spacial score (nSPS) is 15.1. The third-order valence-electron chi connectivity index (χ3n) is 2.82. The smallest absolute Gasteiger partial charge is 0.0547 e. The number of rotatable bonds is 5. The summed E-state index contributed by atoms with van der Waals surface area (Å²) in [6.45, 7) is 7.97. The highest BCUT2D eigenvalue weighted by Crippen LogP contribution is 2.09. The van der Waals surface area contributed by atoms with E-state index in [9.17, 15) is 0 Å². The van der Waals surface area contributed by atoms with E-state index in [1.807, 2.05) is 19.1 Å². The van der Waals surface area contributed by atoms with Crippen LogP contribution in [0.1, 0.15) is 31.7 Å². The van der Waals surface area contributed by atoms with E-state index < -0.39 is 0 Å². The molecule has 1 aromatic rings. The van der Waals surface area contributed by atoms with Crippen LogP contribution < -0.4 is 5.73 Å². The Labute approximate surface area is 98.7 Å². The molecule has 1 aromatic heterocycles. The molecular formula is C13H23N3. The summed E-state index contributed by atoms with van der Waals surface area (Å²) in [5.41, 5.74) is 8.20. The molecule has 90 valence electrons. The zero-order valence-corrected chi connectivity index (χ0v) is 10.8. The Hall–Kier alpha value is -0.930. The van der Waals surface area contributed by atoms with E-state index in [4.69, 9.17) is 5.73 Å². The average Bonchev–Trinajstić information content (AvgIpc) is 2.16. The summed E-state index contributed by atoms with van der Waals surface area (Å²) in [5.74, 6) is 0. The van der Waals surface area contributed by atoms with Gasteiger partial charge in [0.05, 0.1) is 5.69 Å². The van der Waals surface area contributed by atoms with Crippen molar-refractivity contribution in [2.24, 2.45) is 5.73 Å². The van der Waals surface area contributed by atoms with Gasteiger partial charge in [-0.2, -0.15) is 0 Å². The Balaban J connectivity index is 2.55. The summed E-state index contributed by atoms with van der Waals surface area (Å²) in [7, 11) is 2.09. The van der Waals surface area contributed by atoms with Crippen molar-refractivity contribution in [2.75, 3.05) is 13.6 Å². The fraction of sp³-hybridized carbons (Fsp3) is 0.615. The molecule has 0 aliphatic rings. The molecule has 1 atom stereocenters. The van der Waals surface area contributed by atoms with Gasteiger partial charge in [0, 0.05) is 24.3 Å². The van der Waals surface area contributed by atoms with Crippen molar-refractivity contribution in [3.63, 3.8) is 0 Å². The van der Waals surface area contributed by atoms with E-state index in [-0.39, 0.29) is 5.54 Å². The second kappa shape index (κ2) is 5.41. The largest absolute Gasteiger partial charge is 0.324 e. The quantitative estimate of drug-likeness (QED) is 0.826. The number of hydrogen-bond donors (Lipinski definition) is 1. The van der Waals surface area contributed by atoms with Crippen molar-refractivity contribution in [3.8, 4) is 0 Å². The average molecular weight is 221 g/mol. The number of aromatic nitrogens is 1. The predicted octanol–water partition coefficient (Wildman–Crippen LogP) is 1.95. The molecule has 2 N–H and O–H groups in total. The maximum Gasteiger partial charge on any atom is 0.0547 e. The summed E-state index contributed by atoms with van der Waals surface area (Å²) in [5, 5.41) is 0. The van der Waals surface area contributed by atoms with E-state index in [2.05, 4.69) is 36.8 Å². The molecule has 0 aliphatic carbocycles. The number of likely N-dealkylation sites (N-methyl/N-ethyl adjacent to an activating group) is 1. The van der Waals surface area contributed by atoms with Gasteiger partial charge in [0.15, 0.2) is 0 Å². The van der Waals surface area contributed by atoms with Gasteiger partial charge in [-0.25, -0.2) is 0 Å². The van der Waals surface area contributed by atoms with Crippen molar-refractivity contribution >= 4 is 0 Å². The molecule has 0 fully saturated rings. The van der Waals surface area contributed by atoms with Crippen LogP contribution in [-0.4, -0.2) is 29.0 Å². The maximum atomic E-state index is 6.14. The van der Waals surface area contributed by atoms with Crippen LogP contribution in [0.25, 0.3) is 0 Å². The topological polar surface area (TPSA) is 42.1 Å². The number of hydrogen-bond acceptors (Lipinski definition) is 3. The second-order valence-electron chi connectivity index (χ2n) is 4.95. The zero-order chi connectivity index (χ0) is 12.2. The van der Waals surface area contributed by atoms with Crippen molar-refractivity contribution in [3.05, 3.63) is 29.6 Å². The van der Waals surface area contributed by atoms with Gasteiger partial charge >= 0.3 is 0 Å². The molecular weight excluding hydrogens is 198 g/mol. The van der Waals surface area contributed by atoms with Gasteiger partial charge in [-0.3, -0.25) is 9.88 Å². The van der Waals surface area contributed by atoms with E-state index in [0.29, 0.717) is 0 Å². The lowest BCUT2D eigenvalue weighted by Gasteiger charge is -2.28. The molecule has 0 saturated heterocycles. The van der Waals surface area contributed by atoms with Crippen molar-refractivity contribution < 1.29 is 0 Å². The molecule has 0 amide bonds. The van der Waals surface area contributed by atoms with Crippen molar-refractivity contribution in [1.82, 2.24) is 9.88 Å². The number of pyridine rings is 1. The summed E-state index contributed by atoms with van der Waals surface area (Å²) < 4.78 is 0. The minimum absolute atomic E-state index is 0.113. The Kier molecular flexibility index (Phi) is 4.44. The third-order valence-corrected chi connectivity index (χ3v) is 2.82. The third kappa shape index (κ3) is 4.29. The molecule has 16 heavy (non-hydrogen) atoms. The first kappa shape index (κ1) is 13.1. The van der Waals surface area contributed by atoms with Crippen LogP contribution in [0.2, 0.25) is 0 Å². The number of nitrogens with two attached hydrogens (primary N) is 1. The van der Waals surface area contributed by atoms with Crippen LogP contribution in [0.5, 0.6) is 0 Å². The fourth-order valence-electron chi connectivity index (χ4n) is 1.75. The van der Waals surface area contributed by atoms with Crippen LogP contribution in [0.3, 0.4) is 0 Å². The number of aryl methyl sites for hydroxylation is 1. The van der Waals surface area contributed by atoms with E-state index >= 15 is 0 Å². The zero-order valence-electron chi connectivity index (χ0n) is 10.8. The molecule has 3 heteroatoms. The van der Waals surface area contributed by atoms with Crippen LogP contribution in [0, 0.1) is 6.92 Å². The van der Waals surface area contributed by atoms with Crippen molar-refractivity contribution in [1.29, 1.82) is 0 Å². The first-order valence-electron chi connectivity index (χ1n) is 5.83. The fourth-order valence-corrected chi connectivity index (χ4v) is 1.75. The summed E-state index contributed by atoms with van der Waals surface area (Å²) in [4.78, 5) is 6.71. The monoisotopic (exact) mass is 221 g/mol. The predicted molar refractivity (Wildman–Crippen MR) is 68.2 cm³/mol. The molecule has 0 bridgehead atoms. The molecule has 0 spiro atoms. The minimum Gasteiger partial charge on any atom is -0.324 e. The van der Waals surface area contributed by atoms with Crippen LogP contribution in [-0.2, 0) is 6.54 Å². The lowest BCUT2D eigenvalue weighted by atomic mass is 10.00. The maximum absolute atomic E-state index is 6.14. The molecule has 3 nitrogen and oxygen atoms in total. The first-order chi connectivity index (χ1) is 7.43. The van der Waals surface area contributed by atoms with E-state index in [0.717, 1.165) is 30.9 Å². The van der Waals surface area contributed by atoms with Crippen LogP contribution >= 0.6 is 0 Å². The Morgan fingerprint density at radius 1 is 1.44 bits per heavy atom. The van der Waals surface area contributed by atoms with Crippen LogP contribution in [0.4, 0.5) is 0 Å². The Morgan fingerprint density at radius 2 is 2.12 bits per heavy atom. The molecule has 0 saturated carbocycles. The highest BCUT2D eigenvalue weighted by molar-refractivity contribution is 5.09. The lowest BCUT2D eigenvalue weighted by Crippen LogP contribution is -2.45. The summed E-state index contributed by atoms with van der Waals surface area (Å²) >= 11 is 0. The molecule has 0 radical (unpaired) electrons. The highest BCUT2D eigenvalue weighted by atomic mass is 15.1. The van der Waals surface area contributed by atoms with E-state index in [1.54, 1.807) is 0 Å². The molecule has 1 unspecified atom stereocenters. The van der Waals surface area contributed by atoms with Gasteiger partial charge in [0.1, 0.15) is 0 Å². The molecule has 0 aliphatic heterocycles. The summed E-state index contributed by atoms with van der Waals surface area (Å²) in [6.07, 6.45) is 0.985. The standard InChI is InChI=1S/C13H23N3/c1-5-13(3,14)10-16(4)9-12-8-6-7-11(2)15-12/h6-8H,5,9-10,14H2,1-4H3. The Bertz CT molecular complexity index is 334. The Morgan fingerprint density at radius 3 is 2.69 bits per heavy atom. The first-order valence-corrected chi connectivity index (χ1v) is 5.83. The van der Waals surface area contributed by atoms with Gasteiger partial charge in [-0.1, -0.05) is 13.0 Å². The molecule has 1 heterocycles.